The van der Waals surface area contributed by atoms with E-state index in [0.717, 1.165) is 5.56 Å². The molecular formula is C7H10ClN5O. The van der Waals surface area contributed by atoms with E-state index in [1.807, 2.05) is 24.5 Å². The number of hydrogen-bond acceptors (Lipinski definition) is 3. The van der Waals surface area contributed by atoms with Crippen molar-refractivity contribution in [1.29, 1.82) is 0 Å². The van der Waals surface area contributed by atoms with Gasteiger partial charge in [-0.3, -0.25) is 5.10 Å². The SMILES string of the molecule is Nc1n[nH]c(-c2cc[nH+]cc2)n1.O.[Cl-]. The Morgan fingerprint density at radius 1 is 1.29 bits per heavy atom. The third kappa shape index (κ3) is 2.41. The number of rotatable bonds is 1. The van der Waals surface area contributed by atoms with Crippen molar-refractivity contribution < 1.29 is 22.9 Å². The van der Waals surface area contributed by atoms with Crippen molar-refractivity contribution in [2.24, 2.45) is 0 Å². The molecule has 0 saturated carbocycles. The van der Waals surface area contributed by atoms with Crippen molar-refractivity contribution in [3.63, 3.8) is 0 Å². The number of nitrogens with one attached hydrogen (secondary N) is 2. The normalized spacial score (nSPS) is 8.57. The average molecular weight is 216 g/mol. The van der Waals surface area contributed by atoms with Crippen LogP contribution in [0.5, 0.6) is 0 Å². The Morgan fingerprint density at radius 3 is 2.43 bits per heavy atom. The first-order valence-corrected chi connectivity index (χ1v) is 3.50. The van der Waals surface area contributed by atoms with Crippen molar-refractivity contribution in [3.05, 3.63) is 24.5 Å². The molecule has 2 rings (SSSR count). The zero-order chi connectivity index (χ0) is 8.39. The predicted molar refractivity (Wildman–Crippen MR) is 46.4 cm³/mol. The van der Waals surface area contributed by atoms with E-state index in [1.54, 1.807) is 0 Å². The molecule has 0 amide bonds. The standard InChI is InChI=1S/C7H7N5.ClH.H2O/c8-7-10-6(11-12-7)5-1-3-9-4-2-5;;/h1-4H,(H3,8,10,11,12);1H;1H2. The second-order valence-electron chi connectivity index (χ2n) is 2.33. The van der Waals surface area contributed by atoms with Crippen molar-refractivity contribution >= 4 is 5.95 Å². The summed E-state index contributed by atoms with van der Waals surface area (Å²) >= 11 is 0. The molecule has 6 nitrogen and oxygen atoms in total. The Morgan fingerprint density at radius 2 is 1.93 bits per heavy atom. The number of nitrogens with two attached hydrogens (primary N) is 1. The summed E-state index contributed by atoms with van der Waals surface area (Å²) in [6.07, 6.45) is 3.63. The first-order chi connectivity index (χ1) is 5.86. The van der Waals surface area contributed by atoms with Gasteiger partial charge in [-0.05, 0) is 0 Å². The minimum Gasteiger partial charge on any atom is -1.00 e. The smallest absolute Gasteiger partial charge is 0.239 e. The predicted octanol–water partition coefficient (Wildman–Crippen LogP) is -3.95. The van der Waals surface area contributed by atoms with Crippen LogP contribution in [0.1, 0.15) is 0 Å². The van der Waals surface area contributed by atoms with Crippen molar-refractivity contribution in [1.82, 2.24) is 15.2 Å². The highest BCUT2D eigenvalue weighted by atomic mass is 35.5. The van der Waals surface area contributed by atoms with Gasteiger partial charge in [-0.15, -0.1) is 5.10 Å². The summed E-state index contributed by atoms with van der Waals surface area (Å²) in [6.45, 7) is 0. The van der Waals surface area contributed by atoms with Crippen LogP contribution in [-0.2, 0) is 0 Å². The fourth-order valence-corrected chi connectivity index (χ4v) is 0.949. The van der Waals surface area contributed by atoms with E-state index < -0.39 is 0 Å². The molecule has 0 fully saturated rings. The largest absolute Gasteiger partial charge is 1.00 e. The minimum atomic E-state index is 0. The summed E-state index contributed by atoms with van der Waals surface area (Å²) < 4.78 is 0. The lowest BCUT2D eigenvalue weighted by Gasteiger charge is -1.88. The number of aromatic nitrogens is 4. The molecule has 0 atom stereocenters. The summed E-state index contributed by atoms with van der Waals surface area (Å²) in [4.78, 5) is 6.89. The summed E-state index contributed by atoms with van der Waals surface area (Å²) in [7, 11) is 0. The van der Waals surface area contributed by atoms with Gasteiger partial charge in [0, 0.05) is 17.7 Å². The fraction of sp³-hybridized carbons (Fsp3) is 0. The second-order valence-corrected chi connectivity index (χ2v) is 2.33. The van der Waals surface area contributed by atoms with Crippen LogP contribution in [0.3, 0.4) is 0 Å². The minimum absolute atomic E-state index is 0. The number of nitrogens with zero attached hydrogens (tertiary/aromatic N) is 2. The third-order valence-electron chi connectivity index (χ3n) is 1.49. The van der Waals surface area contributed by atoms with E-state index in [2.05, 4.69) is 20.2 Å². The molecule has 6 N–H and O–H groups in total. The average Bonchev–Trinajstić information content (AvgIpc) is 2.54. The molecule has 2 aromatic heterocycles. The number of halogens is 1. The van der Waals surface area contributed by atoms with Gasteiger partial charge in [0.2, 0.25) is 5.95 Å². The Bertz CT molecular complexity index is 377. The van der Waals surface area contributed by atoms with Gasteiger partial charge in [0.05, 0.1) is 0 Å². The van der Waals surface area contributed by atoms with Crippen LogP contribution in [0.4, 0.5) is 5.95 Å². The molecule has 2 heterocycles. The number of hydrogen-bond donors (Lipinski definition) is 2. The van der Waals surface area contributed by atoms with Crippen LogP contribution in [0.2, 0.25) is 0 Å². The van der Waals surface area contributed by atoms with Gasteiger partial charge >= 0.3 is 0 Å². The zero-order valence-corrected chi connectivity index (χ0v) is 7.92. The molecule has 7 heteroatoms. The molecule has 0 unspecified atom stereocenters. The van der Waals surface area contributed by atoms with Crippen LogP contribution in [0.25, 0.3) is 11.4 Å². The molecule has 14 heavy (non-hydrogen) atoms. The first kappa shape index (κ1) is 12.3. The van der Waals surface area contributed by atoms with Gasteiger partial charge in [-0.25, -0.2) is 4.98 Å². The molecule has 0 aromatic carbocycles. The number of pyridine rings is 1. The Labute approximate surface area is 86.3 Å². The first-order valence-electron chi connectivity index (χ1n) is 3.50. The van der Waals surface area contributed by atoms with E-state index in [9.17, 15) is 0 Å². The monoisotopic (exact) mass is 215 g/mol. The van der Waals surface area contributed by atoms with Crippen LogP contribution < -0.4 is 23.1 Å². The molecule has 0 bridgehead atoms. The lowest BCUT2D eigenvalue weighted by molar-refractivity contribution is -0.377. The molecule has 0 aliphatic rings. The summed E-state index contributed by atoms with van der Waals surface area (Å²) in [5, 5.41) is 6.45. The van der Waals surface area contributed by atoms with Gasteiger partial charge in [0.25, 0.3) is 0 Å². The maximum atomic E-state index is 5.35. The highest BCUT2D eigenvalue weighted by Crippen LogP contribution is 2.11. The van der Waals surface area contributed by atoms with Crippen molar-refractivity contribution in [3.8, 4) is 11.4 Å². The highest BCUT2D eigenvalue weighted by Gasteiger charge is 2.02. The van der Waals surface area contributed by atoms with E-state index in [0.29, 0.717) is 5.82 Å². The number of aromatic amines is 2. The van der Waals surface area contributed by atoms with Crippen LogP contribution in [0.15, 0.2) is 24.5 Å². The molecule has 0 spiro atoms. The van der Waals surface area contributed by atoms with E-state index in [-0.39, 0.29) is 23.8 Å². The second kappa shape index (κ2) is 5.15. The quantitative estimate of drug-likeness (QED) is 0.506. The highest BCUT2D eigenvalue weighted by molar-refractivity contribution is 5.53. The Balaban J connectivity index is 0.000000845. The third-order valence-corrected chi connectivity index (χ3v) is 1.49. The molecule has 0 saturated heterocycles. The van der Waals surface area contributed by atoms with Gasteiger partial charge in [-0.1, -0.05) is 0 Å². The van der Waals surface area contributed by atoms with Crippen LogP contribution >= 0.6 is 0 Å². The van der Waals surface area contributed by atoms with Crippen LogP contribution in [-0.4, -0.2) is 20.7 Å². The van der Waals surface area contributed by atoms with Gasteiger partial charge in [0.1, 0.15) is 0 Å². The Hall–Kier alpha value is -1.66. The topological polar surface area (TPSA) is 113 Å². The van der Waals surface area contributed by atoms with E-state index >= 15 is 0 Å². The summed E-state index contributed by atoms with van der Waals surface area (Å²) in [6, 6.07) is 3.78. The summed E-state index contributed by atoms with van der Waals surface area (Å²) in [5.41, 5.74) is 6.31. The molecule has 0 aliphatic heterocycles. The van der Waals surface area contributed by atoms with E-state index in [4.69, 9.17) is 5.73 Å². The molecule has 76 valence electrons. The van der Waals surface area contributed by atoms with Gasteiger partial charge in [-0.2, -0.15) is 4.98 Å². The lowest BCUT2D eigenvalue weighted by Crippen LogP contribution is -3.00. The van der Waals surface area contributed by atoms with Crippen molar-refractivity contribution in [2.75, 3.05) is 5.73 Å². The maximum absolute atomic E-state index is 5.35. The Kier molecular flexibility index (Phi) is 4.54. The fourth-order valence-electron chi connectivity index (χ4n) is 0.949. The maximum Gasteiger partial charge on any atom is 0.239 e. The number of anilines is 1. The number of H-pyrrole nitrogens is 2. The van der Waals surface area contributed by atoms with Gasteiger partial charge < -0.3 is 23.6 Å². The van der Waals surface area contributed by atoms with Crippen molar-refractivity contribution in [2.45, 2.75) is 0 Å². The van der Waals surface area contributed by atoms with Crippen LogP contribution in [0, 0.1) is 0 Å². The van der Waals surface area contributed by atoms with E-state index in [1.165, 1.54) is 0 Å². The zero-order valence-electron chi connectivity index (χ0n) is 7.16. The molecule has 0 aliphatic carbocycles. The van der Waals surface area contributed by atoms with Gasteiger partial charge in [0.15, 0.2) is 18.2 Å². The lowest BCUT2D eigenvalue weighted by atomic mass is 10.3. The molecule has 0 radical (unpaired) electrons. The molecule has 2 aromatic rings. The number of nitrogen functional groups attached to an aromatic ring is 1. The summed E-state index contributed by atoms with van der Waals surface area (Å²) in [5.74, 6) is 0.944. The molecular weight excluding hydrogens is 206 g/mol.